The molecule has 0 spiro atoms. The number of nitrogens with one attached hydrogen (secondary N) is 1. The van der Waals surface area contributed by atoms with E-state index in [1.54, 1.807) is 0 Å². The quantitative estimate of drug-likeness (QED) is 0.862. The summed E-state index contributed by atoms with van der Waals surface area (Å²) in [5.74, 6) is -1.98. The van der Waals surface area contributed by atoms with Gasteiger partial charge in [-0.15, -0.1) is 0 Å². The van der Waals surface area contributed by atoms with Crippen LogP contribution in [-0.2, 0) is 9.53 Å². The number of esters is 1. The van der Waals surface area contributed by atoms with E-state index in [1.807, 2.05) is 38.1 Å². The molecular weight excluding hydrogens is 297 g/mol. The van der Waals surface area contributed by atoms with Crippen molar-refractivity contribution < 1.29 is 18.7 Å². The molecule has 0 saturated carbocycles. The van der Waals surface area contributed by atoms with Gasteiger partial charge in [-0.25, -0.2) is 9.18 Å². The Hall–Kier alpha value is -2.69. The third-order valence-corrected chi connectivity index (χ3v) is 3.38. The van der Waals surface area contributed by atoms with Crippen LogP contribution < -0.4 is 5.32 Å². The van der Waals surface area contributed by atoms with Crippen LogP contribution >= 0.6 is 0 Å². The lowest BCUT2D eigenvalue weighted by Gasteiger charge is -2.14. The van der Waals surface area contributed by atoms with E-state index in [9.17, 15) is 14.0 Å². The molecule has 2 rings (SSSR count). The van der Waals surface area contributed by atoms with E-state index in [4.69, 9.17) is 4.74 Å². The third-order valence-electron chi connectivity index (χ3n) is 3.38. The Labute approximate surface area is 134 Å². The van der Waals surface area contributed by atoms with Gasteiger partial charge in [0, 0.05) is 0 Å². The van der Waals surface area contributed by atoms with Crippen LogP contribution in [0.25, 0.3) is 0 Å². The molecule has 0 aliphatic carbocycles. The van der Waals surface area contributed by atoms with Crippen LogP contribution in [0.15, 0.2) is 48.5 Å². The fourth-order valence-electron chi connectivity index (χ4n) is 2.06. The second-order valence-corrected chi connectivity index (χ2v) is 5.26. The molecule has 2 aromatic carbocycles. The van der Waals surface area contributed by atoms with E-state index < -0.39 is 24.3 Å². The fraction of sp³-hybridized carbons (Fsp3) is 0.222. The zero-order chi connectivity index (χ0) is 16.8. The van der Waals surface area contributed by atoms with Gasteiger partial charge >= 0.3 is 5.97 Å². The summed E-state index contributed by atoms with van der Waals surface area (Å²) in [6.45, 7) is 3.36. The topological polar surface area (TPSA) is 55.4 Å². The molecule has 0 aliphatic heterocycles. The van der Waals surface area contributed by atoms with E-state index in [-0.39, 0.29) is 11.6 Å². The predicted octanol–water partition coefficient (Wildman–Crippen LogP) is 3.17. The molecule has 2 aromatic rings. The van der Waals surface area contributed by atoms with E-state index in [0.29, 0.717) is 0 Å². The molecule has 23 heavy (non-hydrogen) atoms. The third kappa shape index (κ3) is 4.64. The Balaban J connectivity index is 1.86. The molecule has 0 saturated heterocycles. The normalized spacial score (nSPS) is 11.6. The minimum Gasteiger partial charge on any atom is -0.452 e. The Morgan fingerprint density at radius 2 is 1.78 bits per heavy atom. The summed E-state index contributed by atoms with van der Waals surface area (Å²) in [5.41, 5.74) is 1.89. The van der Waals surface area contributed by atoms with Gasteiger partial charge in [0.1, 0.15) is 5.82 Å². The SMILES string of the molecule is Cc1ccc([C@H](C)NC(=O)COC(=O)c2ccccc2F)cc1. The van der Waals surface area contributed by atoms with E-state index in [2.05, 4.69) is 5.32 Å². The maximum absolute atomic E-state index is 13.4. The van der Waals surface area contributed by atoms with Gasteiger partial charge in [-0.3, -0.25) is 4.79 Å². The summed E-state index contributed by atoms with van der Waals surface area (Å²) in [5, 5.41) is 2.73. The molecule has 4 nitrogen and oxygen atoms in total. The first-order valence-corrected chi connectivity index (χ1v) is 7.25. The van der Waals surface area contributed by atoms with Crippen molar-refractivity contribution in [2.75, 3.05) is 6.61 Å². The minimum absolute atomic E-state index is 0.188. The zero-order valence-electron chi connectivity index (χ0n) is 13.0. The van der Waals surface area contributed by atoms with Crippen LogP contribution in [0.2, 0.25) is 0 Å². The van der Waals surface area contributed by atoms with Crippen molar-refractivity contribution in [3.8, 4) is 0 Å². The Morgan fingerprint density at radius 3 is 2.43 bits per heavy atom. The van der Waals surface area contributed by atoms with Crippen molar-refractivity contribution in [1.29, 1.82) is 0 Å². The van der Waals surface area contributed by atoms with E-state index >= 15 is 0 Å². The van der Waals surface area contributed by atoms with Gasteiger partial charge in [-0.05, 0) is 31.5 Å². The first-order valence-electron chi connectivity index (χ1n) is 7.25. The molecule has 0 bridgehead atoms. The van der Waals surface area contributed by atoms with Gasteiger partial charge in [-0.2, -0.15) is 0 Å². The first-order chi connectivity index (χ1) is 11.0. The highest BCUT2D eigenvalue weighted by Crippen LogP contribution is 2.13. The average molecular weight is 315 g/mol. The van der Waals surface area contributed by atoms with Crippen molar-refractivity contribution in [3.05, 3.63) is 71.0 Å². The largest absolute Gasteiger partial charge is 0.452 e. The predicted molar refractivity (Wildman–Crippen MR) is 84.4 cm³/mol. The lowest BCUT2D eigenvalue weighted by molar-refractivity contribution is -0.124. The van der Waals surface area contributed by atoms with Crippen LogP contribution in [-0.4, -0.2) is 18.5 Å². The molecule has 1 atom stereocenters. The summed E-state index contributed by atoms with van der Waals surface area (Å²) in [6, 6.07) is 13.0. The summed E-state index contributed by atoms with van der Waals surface area (Å²) in [6.07, 6.45) is 0. The van der Waals surface area contributed by atoms with Gasteiger partial charge in [0.15, 0.2) is 6.61 Å². The van der Waals surface area contributed by atoms with Crippen LogP contribution in [0, 0.1) is 12.7 Å². The number of ether oxygens (including phenoxy) is 1. The number of rotatable bonds is 5. The fourth-order valence-corrected chi connectivity index (χ4v) is 2.06. The number of hydrogen-bond donors (Lipinski definition) is 1. The Bertz CT molecular complexity index is 698. The Kier molecular flexibility index (Phi) is 5.46. The molecule has 1 N–H and O–H groups in total. The zero-order valence-corrected chi connectivity index (χ0v) is 13.0. The van der Waals surface area contributed by atoms with Gasteiger partial charge < -0.3 is 10.1 Å². The molecule has 5 heteroatoms. The lowest BCUT2D eigenvalue weighted by atomic mass is 10.1. The summed E-state index contributed by atoms with van der Waals surface area (Å²) in [7, 11) is 0. The highest BCUT2D eigenvalue weighted by Gasteiger charge is 2.15. The van der Waals surface area contributed by atoms with Gasteiger partial charge in [0.2, 0.25) is 0 Å². The van der Waals surface area contributed by atoms with Crippen molar-refractivity contribution in [2.24, 2.45) is 0 Å². The van der Waals surface area contributed by atoms with Crippen LogP contribution in [0.4, 0.5) is 4.39 Å². The van der Waals surface area contributed by atoms with E-state index in [0.717, 1.165) is 17.2 Å². The second-order valence-electron chi connectivity index (χ2n) is 5.26. The molecule has 0 heterocycles. The molecule has 0 radical (unpaired) electrons. The van der Waals surface area contributed by atoms with Crippen LogP contribution in [0.5, 0.6) is 0 Å². The summed E-state index contributed by atoms with van der Waals surface area (Å²) >= 11 is 0. The number of carbonyl (C=O) groups is 2. The number of hydrogen-bond acceptors (Lipinski definition) is 3. The van der Waals surface area contributed by atoms with Crippen LogP contribution in [0.1, 0.15) is 34.5 Å². The molecule has 120 valence electrons. The number of halogens is 1. The first kappa shape index (κ1) is 16.7. The summed E-state index contributed by atoms with van der Waals surface area (Å²) in [4.78, 5) is 23.6. The standard InChI is InChI=1S/C18H18FNO3/c1-12-7-9-14(10-8-12)13(2)20-17(21)11-23-18(22)15-5-3-4-6-16(15)19/h3-10,13H,11H2,1-2H3,(H,20,21)/t13-/m0/s1. The van der Waals surface area contributed by atoms with Crippen molar-refractivity contribution >= 4 is 11.9 Å². The average Bonchev–Trinajstić information content (AvgIpc) is 2.53. The second kappa shape index (κ2) is 7.54. The molecule has 0 aromatic heterocycles. The molecule has 1 amide bonds. The van der Waals surface area contributed by atoms with Crippen LogP contribution in [0.3, 0.4) is 0 Å². The monoisotopic (exact) mass is 315 g/mol. The number of benzene rings is 2. The highest BCUT2D eigenvalue weighted by molar-refractivity contribution is 5.91. The Morgan fingerprint density at radius 1 is 1.13 bits per heavy atom. The van der Waals surface area contributed by atoms with E-state index in [1.165, 1.54) is 18.2 Å². The minimum atomic E-state index is -0.860. The van der Waals surface area contributed by atoms with Gasteiger partial charge in [-0.1, -0.05) is 42.0 Å². The molecule has 0 aliphatic rings. The van der Waals surface area contributed by atoms with Crippen molar-refractivity contribution in [2.45, 2.75) is 19.9 Å². The molecule has 0 unspecified atom stereocenters. The van der Waals surface area contributed by atoms with Gasteiger partial charge in [0.25, 0.3) is 5.91 Å². The maximum Gasteiger partial charge on any atom is 0.341 e. The summed E-state index contributed by atoms with van der Waals surface area (Å²) < 4.78 is 18.3. The highest BCUT2D eigenvalue weighted by atomic mass is 19.1. The van der Waals surface area contributed by atoms with Gasteiger partial charge in [0.05, 0.1) is 11.6 Å². The van der Waals surface area contributed by atoms with Crippen molar-refractivity contribution in [3.63, 3.8) is 0 Å². The number of aryl methyl sites for hydroxylation is 1. The van der Waals surface area contributed by atoms with Crippen molar-refractivity contribution in [1.82, 2.24) is 5.32 Å². The smallest absolute Gasteiger partial charge is 0.341 e. The number of amides is 1. The number of carbonyl (C=O) groups excluding carboxylic acids is 2. The lowest BCUT2D eigenvalue weighted by Crippen LogP contribution is -2.31. The molecule has 0 fully saturated rings. The molecular formula is C18H18FNO3. The maximum atomic E-state index is 13.4.